The van der Waals surface area contributed by atoms with Gasteiger partial charge in [0.15, 0.2) is 16.5 Å². The highest BCUT2D eigenvalue weighted by Crippen LogP contribution is 2.29. The maximum atomic E-state index is 12.6. The van der Waals surface area contributed by atoms with E-state index in [1.54, 1.807) is 24.3 Å². The number of hydrogen-bond donors (Lipinski definition) is 2. The molecule has 0 fully saturated rings. The van der Waals surface area contributed by atoms with Gasteiger partial charge in [-0.25, -0.2) is 4.79 Å². The van der Waals surface area contributed by atoms with Crippen LogP contribution in [0.5, 0.6) is 11.5 Å². The third-order valence-corrected chi connectivity index (χ3v) is 4.60. The SMILES string of the molecule is COc1ccc(C(=O)c2nnc(NC(=O)Nc3cccc(C)c3)s2)cc1OC. The Morgan fingerprint density at radius 3 is 2.46 bits per heavy atom. The van der Waals surface area contributed by atoms with E-state index in [1.807, 2.05) is 25.1 Å². The summed E-state index contributed by atoms with van der Waals surface area (Å²) in [6, 6.07) is 11.7. The van der Waals surface area contributed by atoms with Gasteiger partial charge in [-0.2, -0.15) is 0 Å². The van der Waals surface area contributed by atoms with Crippen LogP contribution in [0.1, 0.15) is 20.9 Å². The first-order chi connectivity index (χ1) is 13.5. The molecule has 0 atom stereocenters. The summed E-state index contributed by atoms with van der Waals surface area (Å²) in [6.07, 6.45) is 0. The average molecular weight is 398 g/mol. The Kier molecular flexibility index (Phi) is 5.85. The van der Waals surface area contributed by atoms with Gasteiger partial charge in [0.25, 0.3) is 0 Å². The molecule has 144 valence electrons. The van der Waals surface area contributed by atoms with Crippen molar-refractivity contribution in [3.05, 3.63) is 58.6 Å². The second kappa shape index (κ2) is 8.49. The normalized spacial score (nSPS) is 10.2. The largest absolute Gasteiger partial charge is 0.493 e. The van der Waals surface area contributed by atoms with Crippen molar-refractivity contribution in [2.45, 2.75) is 6.92 Å². The molecule has 3 aromatic rings. The Morgan fingerprint density at radius 2 is 1.75 bits per heavy atom. The van der Waals surface area contributed by atoms with Gasteiger partial charge >= 0.3 is 6.03 Å². The molecule has 0 unspecified atom stereocenters. The molecule has 2 aromatic carbocycles. The molecule has 0 saturated carbocycles. The smallest absolute Gasteiger partial charge is 0.325 e. The fourth-order valence-corrected chi connectivity index (χ4v) is 3.15. The molecule has 0 radical (unpaired) electrons. The lowest BCUT2D eigenvalue weighted by molar-refractivity contribution is 0.103. The summed E-state index contributed by atoms with van der Waals surface area (Å²) in [7, 11) is 3.01. The molecule has 8 nitrogen and oxygen atoms in total. The predicted molar refractivity (Wildman–Crippen MR) is 107 cm³/mol. The number of ketones is 1. The zero-order valence-electron chi connectivity index (χ0n) is 15.5. The van der Waals surface area contributed by atoms with E-state index in [1.165, 1.54) is 14.2 Å². The maximum Gasteiger partial charge on any atom is 0.325 e. The molecule has 0 bridgehead atoms. The molecule has 1 aromatic heterocycles. The molecular weight excluding hydrogens is 380 g/mol. The number of nitrogens with zero attached hydrogens (tertiary/aromatic N) is 2. The molecule has 9 heteroatoms. The highest BCUT2D eigenvalue weighted by Gasteiger charge is 2.18. The van der Waals surface area contributed by atoms with Crippen LogP contribution in [0.15, 0.2) is 42.5 Å². The third kappa shape index (κ3) is 4.44. The molecule has 1 heterocycles. The number of aryl methyl sites for hydroxylation is 1. The van der Waals surface area contributed by atoms with Crippen LogP contribution in [-0.2, 0) is 0 Å². The van der Waals surface area contributed by atoms with Crippen LogP contribution >= 0.6 is 11.3 Å². The molecular formula is C19H18N4O4S. The summed E-state index contributed by atoms with van der Waals surface area (Å²) < 4.78 is 10.4. The van der Waals surface area contributed by atoms with Gasteiger partial charge in [-0.3, -0.25) is 10.1 Å². The van der Waals surface area contributed by atoms with Gasteiger partial charge in [0.05, 0.1) is 14.2 Å². The first-order valence-electron chi connectivity index (χ1n) is 8.25. The van der Waals surface area contributed by atoms with Gasteiger partial charge in [0.2, 0.25) is 10.9 Å². The lowest BCUT2D eigenvalue weighted by Gasteiger charge is -2.08. The number of urea groups is 1. The van der Waals surface area contributed by atoms with E-state index in [0.29, 0.717) is 22.7 Å². The van der Waals surface area contributed by atoms with Crippen molar-refractivity contribution in [2.24, 2.45) is 0 Å². The number of benzene rings is 2. The highest BCUT2D eigenvalue weighted by atomic mass is 32.1. The van der Waals surface area contributed by atoms with Crippen molar-refractivity contribution in [3.63, 3.8) is 0 Å². The Hall–Kier alpha value is -3.46. The summed E-state index contributed by atoms with van der Waals surface area (Å²) in [6.45, 7) is 1.93. The molecule has 0 spiro atoms. The van der Waals surface area contributed by atoms with Crippen LogP contribution in [0.2, 0.25) is 0 Å². The van der Waals surface area contributed by atoms with E-state index in [-0.39, 0.29) is 15.9 Å². The Bertz CT molecular complexity index is 1020. The zero-order valence-corrected chi connectivity index (χ0v) is 16.3. The van der Waals surface area contributed by atoms with Gasteiger partial charge in [-0.1, -0.05) is 23.5 Å². The quantitative estimate of drug-likeness (QED) is 0.613. The average Bonchev–Trinajstić information content (AvgIpc) is 3.15. The minimum absolute atomic E-state index is 0.151. The third-order valence-electron chi connectivity index (χ3n) is 3.76. The molecule has 0 saturated heterocycles. The topological polar surface area (TPSA) is 102 Å². The Balaban J connectivity index is 1.69. The first kappa shape index (κ1) is 19.3. The molecule has 0 aliphatic carbocycles. The highest BCUT2D eigenvalue weighted by molar-refractivity contribution is 7.17. The van der Waals surface area contributed by atoms with E-state index in [2.05, 4.69) is 20.8 Å². The number of methoxy groups -OCH3 is 2. The van der Waals surface area contributed by atoms with E-state index < -0.39 is 6.03 Å². The van der Waals surface area contributed by atoms with Crippen LogP contribution < -0.4 is 20.1 Å². The monoisotopic (exact) mass is 398 g/mol. The summed E-state index contributed by atoms with van der Waals surface area (Å²) in [4.78, 5) is 24.7. The molecule has 0 aliphatic heterocycles. The second-order valence-electron chi connectivity index (χ2n) is 5.76. The molecule has 3 rings (SSSR count). The lowest BCUT2D eigenvalue weighted by atomic mass is 10.1. The molecule has 2 amide bonds. The van der Waals surface area contributed by atoms with E-state index in [9.17, 15) is 9.59 Å². The van der Waals surface area contributed by atoms with Gasteiger partial charge in [-0.05, 0) is 42.8 Å². The molecule has 0 aliphatic rings. The summed E-state index contributed by atoms with van der Waals surface area (Å²) in [5.41, 5.74) is 2.06. The number of amides is 2. The van der Waals surface area contributed by atoms with Crippen molar-refractivity contribution in [1.82, 2.24) is 10.2 Å². The number of anilines is 2. The summed E-state index contributed by atoms with van der Waals surface area (Å²) >= 11 is 0.985. The van der Waals surface area contributed by atoms with Gasteiger partial charge in [0.1, 0.15) is 0 Å². The minimum atomic E-state index is -0.466. The fraction of sp³-hybridized carbons (Fsp3) is 0.158. The maximum absolute atomic E-state index is 12.6. The van der Waals surface area contributed by atoms with E-state index >= 15 is 0 Å². The predicted octanol–water partition coefficient (Wildman–Crippen LogP) is 3.74. The number of carbonyl (C=O) groups excluding carboxylic acids is 2. The van der Waals surface area contributed by atoms with Crippen LogP contribution in [-0.4, -0.2) is 36.2 Å². The van der Waals surface area contributed by atoms with Crippen molar-refractivity contribution < 1.29 is 19.1 Å². The van der Waals surface area contributed by atoms with Crippen molar-refractivity contribution >= 4 is 34.0 Å². The Labute approximate surface area is 165 Å². The van der Waals surface area contributed by atoms with Crippen LogP contribution in [0.3, 0.4) is 0 Å². The Morgan fingerprint density at radius 1 is 0.964 bits per heavy atom. The van der Waals surface area contributed by atoms with Crippen molar-refractivity contribution in [1.29, 1.82) is 0 Å². The van der Waals surface area contributed by atoms with Crippen LogP contribution in [0.25, 0.3) is 0 Å². The first-order valence-corrected chi connectivity index (χ1v) is 9.06. The fourth-order valence-electron chi connectivity index (χ4n) is 2.45. The van der Waals surface area contributed by atoms with Gasteiger partial charge in [-0.15, -0.1) is 10.2 Å². The van der Waals surface area contributed by atoms with Crippen molar-refractivity contribution in [3.8, 4) is 11.5 Å². The van der Waals surface area contributed by atoms with Crippen molar-refractivity contribution in [2.75, 3.05) is 24.9 Å². The number of carbonyl (C=O) groups is 2. The standard InChI is InChI=1S/C19H18N4O4S/c1-11-5-4-6-13(9-11)20-18(25)21-19-23-22-17(28-19)16(24)12-7-8-14(26-2)15(10-12)27-3/h4-10H,1-3H3,(H2,20,21,23,25). The number of aromatic nitrogens is 2. The van der Waals surface area contributed by atoms with Crippen LogP contribution in [0.4, 0.5) is 15.6 Å². The van der Waals surface area contributed by atoms with Gasteiger partial charge < -0.3 is 14.8 Å². The number of ether oxygens (including phenoxy) is 2. The number of hydrogen-bond acceptors (Lipinski definition) is 7. The van der Waals surface area contributed by atoms with E-state index in [4.69, 9.17) is 9.47 Å². The van der Waals surface area contributed by atoms with Crippen LogP contribution in [0, 0.1) is 6.92 Å². The minimum Gasteiger partial charge on any atom is -0.493 e. The summed E-state index contributed by atoms with van der Waals surface area (Å²) in [5.74, 6) is 0.630. The second-order valence-corrected chi connectivity index (χ2v) is 6.74. The number of rotatable bonds is 6. The molecule has 28 heavy (non-hydrogen) atoms. The number of nitrogens with one attached hydrogen (secondary N) is 2. The summed E-state index contributed by atoms with van der Waals surface area (Å²) in [5, 5.41) is 13.4. The molecule has 2 N–H and O–H groups in total. The van der Waals surface area contributed by atoms with E-state index in [0.717, 1.165) is 16.9 Å². The van der Waals surface area contributed by atoms with Gasteiger partial charge in [0, 0.05) is 11.3 Å². The zero-order chi connectivity index (χ0) is 20.1. The lowest BCUT2D eigenvalue weighted by Crippen LogP contribution is -2.19.